The van der Waals surface area contributed by atoms with Gasteiger partial charge in [0.2, 0.25) is 0 Å². The molecule has 1 aromatic rings. The van der Waals surface area contributed by atoms with Gasteiger partial charge in [-0.15, -0.1) is 0 Å². The van der Waals surface area contributed by atoms with Gasteiger partial charge in [0.15, 0.2) is 0 Å². The first-order chi connectivity index (χ1) is 13.1. The van der Waals surface area contributed by atoms with Crippen molar-refractivity contribution >= 4 is 11.6 Å². The lowest BCUT2D eigenvalue weighted by atomic mass is 9.96. The second-order valence-corrected chi connectivity index (χ2v) is 7.50. The van der Waals surface area contributed by atoms with E-state index >= 15 is 0 Å². The molecule has 0 spiro atoms. The molecule has 1 aliphatic heterocycles. The lowest BCUT2D eigenvalue weighted by Gasteiger charge is -2.28. The number of unbranched alkanes of at least 4 members (excludes halogenated alkanes) is 2. The second-order valence-electron chi connectivity index (χ2n) is 7.50. The number of nitrogens with one attached hydrogen (secondary N) is 1. The average molecular weight is 377 g/mol. The molecular formula is C22H36N2O3. The van der Waals surface area contributed by atoms with Crippen LogP contribution in [0.25, 0.3) is 0 Å². The zero-order valence-electron chi connectivity index (χ0n) is 17.3. The largest absolute Gasteiger partial charge is 0.492 e. The molecule has 0 saturated carbocycles. The van der Waals surface area contributed by atoms with Crippen LogP contribution in [0.3, 0.4) is 0 Å². The number of ether oxygens (including phenoxy) is 2. The Morgan fingerprint density at radius 1 is 1.15 bits per heavy atom. The predicted molar refractivity (Wildman–Crippen MR) is 110 cm³/mol. The van der Waals surface area contributed by atoms with E-state index in [1.54, 1.807) is 0 Å². The minimum Gasteiger partial charge on any atom is -0.492 e. The maximum absolute atomic E-state index is 12.7. The molecule has 0 unspecified atom stereocenters. The fourth-order valence-corrected chi connectivity index (χ4v) is 3.48. The number of benzene rings is 1. The summed E-state index contributed by atoms with van der Waals surface area (Å²) in [5, 5.41) is 2.99. The lowest BCUT2D eigenvalue weighted by Crippen LogP contribution is -2.42. The third kappa shape index (κ3) is 7.15. The molecule has 1 fully saturated rings. The summed E-state index contributed by atoms with van der Waals surface area (Å²) in [6.45, 7) is 10.6. The van der Waals surface area contributed by atoms with Gasteiger partial charge >= 0.3 is 0 Å². The Morgan fingerprint density at radius 3 is 2.48 bits per heavy atom. The van der Waals surface area contributed by atoms with Crippen molar-refractivity contribution in [2.45, 2.75) is 64.9 Å². The van der Waals surface area contributed by atoms with Crippen molar-refractivity contribution in [1.29, 1.82) is 0 Å². The summed E-state index contributed by atoms with van der Waals surface area (Å²) < 4.78 is 11.6. The van der Waals surface area contributed by atoms with Gasteiger partial charge in [0.05, 0.1) is 0 Å². The minimum absolute atomic E-state index is 0.0804. The smallest absolute Gasteiger partial charge is 0.256 e. The fourth-order valence-electron chi connectivity index (χ4n) is 3.48. The van der Waals surface area contributed by atoms with Crippen LogP contribution in [0.4, 0.5) is 5.69 Å². The van der Waals surface area contributed by atoms with Gasteiger partial charge in [-0.1, -0.05) is 26.2 Å². The molecule has 0 aromatic heterocycles. The molecule has 5 nitrogen and oxygen atoms in total. The molecule has 1 atom stereocenters. The van der Waals surface area contributed by atoms with Gasteiger partial charge in [0.1, 0.15) is 18.0 Å². The Hall–Kier alpha value is -1.59. The predicted octanol–water partition coefficient (Wildman–Crippen LogP) is 4.48. The highest BCUT2D eigenvalue weighted by molar-refractivity contribution is 5.97. The van der Waals surface area contributed by atoms with Crippen LogP contribution in [-0.2, 0) is 9.53 Å². The molecule has 1 heterocycles. The Bertz CT molecular complexity index is 555. The van der Waals surface area contributed by atoms with Crippen LogP contribution >= 0.6 is 0 Å². The van der Waals surface area contributed by atoms with Crippen LogP contribution in [-0.4, -0.2) is 49.3 Å². The molecular weight excluding hydrogens is 340 g/mol. The van der Waals surface area contributed by atoms with Crippen LogP contribution in [0.5, 0.6) is 5.75 Å². The van der Waals surface area contributed by atoms with Gasteiger partial charge in [0.25, 0.3) is 5.91 Å². The van der Waals surface area contributed by atoms with Crippen LogP contribution < -0.4 is 10.1 Å². The summed E-state index contributed by atoms with van der Waals surface area (Å²) in [5.41, 5.74) is -0.0113. The molecule has 152 valence electrons. The van der Waals surface area contributed by atoms with Crippen molar-refractivity contribution in [1.82, 2.24) is 4.90 Å². The molecule has 1 aliphatic rings. The minimum atomic E-state index is -0.783. The molecule has 2 rings (SSSR count). The molecule has 0 bridgehead atoms. The molecule has 0 aliphatic carbocycles. The molecule has 1 aromatic carbocycles. The highest BCUT2D eigenvalue weighted by Gasteiger charge is 2.33. The maximum atomic E-state index is 12.7. The molecule has 0 radical (unpaired) electrons. The normalized spacial score (nSPS) is 16.9. The summed E-state index contributed by atoms with van der Waals surface area (Å²) in [7, 11) is 0. The molecule has 1 N–H and O–H groups in total. The molecule has 1 saturated heterocycles. The zero-order valence-corrected chi connectivity index (χ0v) is 17.3. The summed E-state index contributed by atoms with van der Waals surface area (Å²) in [6, 6.07) is 7.60. The first-order valence-corrected chi connectivity index (χ1v) is 10.5. The summed E-state index contributed by atoms with van der Waals surface area (Å²) >= 11 is 0. The Labute approximate surface area is 164 Å². The van der Waals surface area contributed by atoms with Crippen molar-refractivity contribution in [3.63, 3.8) is 0 Å². The van der Waals surface area contributed by atoms with Gasteiger partial charge in [0, 0.05) is 18.8 Å². The third-order valence-electron chi connectivity index (χ3n) is 5.19. The Kier molecular flexibility index (Phi) is 9.08. The third-order valence-corrected chi connectivity index (χ3v) is 5.19. The number of anilines is 1. The van der Waals surface area contributed by atoms with Gasteiger partial charge < -0.3 is 14.8 Å². The van der Waals surface area contributed by atoms with E-state index in [2.05, 4.69) is 17.1 Å². The lowest BCUT2D eigenvalue weighted by molar-refractivity contribution is -0.139. The SMILES string of the molecule is CCCCC[C@@](C)(OCC)C(=O)Nc1ccc(OCCN2CCCC2)cc1. The first kappa shape index (κ1) is 21.7. The second kappa shape index (κ2) is 11.3. The highest BCUT2D eigenvalue weighted by atomic mass is 16.5. The Balaban J connectivity index is 1.82. The quantitative estimate of drug-likeness (QED) is 0.547. The zero-order chi connectivity index (χ0) is 19.5. The van der Waals surface area contributed by atoms with E-state index in [1.165, 1.54) is 25.9 Å². The van der Waals surface area contributed by atoms with E-state index in [4.69, 9.17) is 9.47 Å². The van der Waals surface area contributed by atoms with Crippen LogP contribution in [0.15, 0.2) is 24.3 Å². The summed E-state index contributed by atoms with van der Waals surface area (Å²) in [5.74, 6) is 0.755. The monoisotopic (exact) mass is 376 g/mol. The number of nitrogens with zero attached hydrogens (tertiary/aromatic N) is 1. The van der Waals surface area contributed by atoms with E-state index in [-0.39, 0.29) is 5.91 Å². The van der Waals surface area contributed by atoms with Crippen LogP contribution in [0.2, 0.25) is 0 Å². The topological polar surface area (TPSA) is 50.8 Å². The number of rotatable bonds is 12. The van der Waals surface area contributed by atoms with Crippen molar-refractivity contribution in [2.24, 2.45) is 0 Å². The van der Waals surface area contributed by atoms with Crippen LogP contribution in [0, 0.1) is 0 Å². The van der Waals surface area contributed by atoms with E-state index < -0.39 is 5.60 Å². The van der Waals surface area contributed by atoms with Crippen molar-refractivity contribution < 1.29 is 14.3 Å². The van der Waals surface area contributed by atoms with E-state index in [0.29, 0.717) is 13.2 Å². The number of hydrogen-bond acceptors (Lipinski definition) is 4. The fraction of sp³-hybridized carbons (Fsp3) is 0.682. The number of likely N-dealkylation sites (tertiary alicyclic amines) is 1. The van der Waals surface area contributed by atoms with Crippen molar-refractivity contribution in [3.05, 3.63) is 24.3 Å². The Morgan fingerprint density at radius 2 is 1.85 bits per heavy atom. The van der Waals surface area contributed by atoms with Gasteiger partial charge in [-0.2, -0.15) is 0 Å². The molecule has 1 amide bonds. The number of carbonyl (C=O) groups is 1. The molecule has 5 heteroatoms. The van der Waals surface area contributed by atoms with Gasteiger partial charge in [-0.05, 0) is 70.5 Å². The average Bonchev–Trinajstić information content (AvgIpc) is 3.17. The number of hydrogen-bond donors (Lipinski definition) is 1. The van der Waals surface area contributed by atoms with Crippen molar-refractivity contribution in [3.8, 4) is 5.75 Å². The summed E-state index contributed by atoms with van der Waals surface area (Å²) in [4.78, 5) is 15.2. The van der Waals surface area contributed by atoms with E-state index in [1.807, 2.05) is 38.1 Å². The standard InChI is InChI=1S/C22H36N2O3/c1-4-6-7-14-22(3,27-5-2)21(25)23-19-10-12-20(13-11-19)26-18-17-24-15-8-9-16-24/h10-13H,4-9,14-18H2,1-3H3,(H,23,25)/t22-/m1/s1. The van der Waals surface area contributed by atoms with E-state index in [0.717, 1.165) is 43.7 Å². The molecule has 27 heavy (non-hydrogen) atoms. The van der Waals surface area contributed by atoms with Crippen molar-refractivity contribution in [2.75, 3.05) is 38.2 Å². The highest BCUT2D eigenvalue weighted by Crippen LogP contribution is 2.23. The number of carbonyl (C=O) groups excluding carboxylic acids is 1. The number of amides is 1. The van der Waals surface area contributed by atoms with Crippen LogP contribution in [0.1, 0.15) is 59.3 Å². The van der Waals surface area contributed by atoms with Gasteiger partial charge in [-0.3, -0.25) is 9.69 Å². The first-order valence-electron chi connectivity index (χ1n) is 10.5. The summed E-state index contributed by atoms with van der Waals surface area (Å²) in [6.07, 6.45) is 6.56. The maximum Gasteiger partial charge on any atom is 0.256 e. The van der Waals surface area contributed by atoms with Gasteiger partial charge in [-0.25, -0.2) is 0 Å². The van der Waals surface area contributed by atoms with E-state index in [9.17, 15) is 4.79 Å².